The number of nitrogens with one attached hydrogen (secondary N) is 2. The molecular formula is C25H35N3O5. The van der Waals surface area contributed by atoms with E-state index in [2.05, 4.69) is 10.6 Å². The number of benzene rings is 1. The molecule has 180 valence electrons. The summed E-state index contributed by atoms with van der Waals surface area (Å²) in [5.41, 5.74) is -0.905. The molecule has 1 aromatic carbocycles. The van der Waals surface area contributed by atoms with E-state index in [0.717, 1.165) is 12.0 Å². The lowest BCUT2D eigenvalue weighted by molar-refractivity contribution is -0.149. The van der Waals surface area contributed by atoms with Crippen molar-refractivity contribution < 1.29 is 24.2 Å². The number of rotatable bonds is 9. The summed E-state index contributed by atoms with van der Waals surface area (Å²) in [5.74, 6) is -2.16. The van der Waals surface area contributed by atoms with Crippen molar-refractivity contribution in [3.05, 3.63) is 35.9 Å². The van der Waals surface area contributed by atoms with Gasteiger partial charge in [-0.25, -0.2) is 0 Å². The van der Waals surface area contributed by atoms with Gasteiger partial charge >= 0.3 is 0 Å². The fourth-order valence-corrected chi connectivity index (χ4v) is 6.11. The minimum Gasteiger partial charge on any atom is -0.394 e. The predicted octanol–water partition coefficient (Wildman–Crippen LogP) is 1.36. The molecule has 3 fully saturated rings. The zero-order valence-electron chi connectivity index (χ0n) is 19.7. The number of fused-ring (bicyclic) bond motifs is 1. The highest BCUT2D eigenvalue weighted by Gasteiger charge is 2.78. The highest BCUT2D eigenvalue weighted by atomic mass is 16.5. The standard InChI is InChI=1S/C25H35N3O5/c1-4-13-26-21(30)18-19-23(32)28(17(5-2)15-29)20(25(19)12-11-24(18,3)33-25)22(31)27-14-16-9-7-6-8-10-16/h6-10,17-20,29H,4-5,11-15H2,1-3H3,(H,26,30)(H,27,31)/t17-,18-,19-,20?,24+,25?/m0/s1. The third kappa shape index (κ3) is 3.73. The van der Waals surface area contributed by atoms with Gasteiger partial charge < -0.3 is 25.4 Å². The summed E-state index contributed by atoms with van der Waals surface area (Å²) in [6.07, 6.45) is 2.42. The summed E-state index contributed by atoms with van der Waals surface area (Å²) in [6.45, 7) is 6.34. The van der Waals surface area contributed by atoms with E-state index in [4.69, 9.17) is 4.74 Å². The maximum absolute atomic E-state index is 13.8. The normalized spacial score (nSPS) is 33.2. The van der Waals surface area contributed by atoms with Crippen LogP contribution in [0.15, 0.2) is 30.3 Å². The second kappa shape index (κ2) is 9.06. The van der Waals surface area contributed by atoms with Crippen molar-refractivity contribution in [3.63, 3.8) is 0 Å². The molecule has 3 amide bonds. The summed E-state index contributed by atoms with van der Waals surface area (Å²) in [5, 5.41) is 16.0. The number of aliphatic hydroxyl groups excluding tert-OH is 1. The van der Waals surface area contributed by atoms with Gasteiger partial charge in [0.2, 0.25) is 17.7 Å². The average molecular weight is 458 g/mol. The Kier molecular flexibility index (Phi) is 6.51. The Bertz CT molecular complexity index is 905. The van der Waals surface area contributed by atoms with Gasteiger partial charge in [-0.2, -0.15) is 0 Å². The molecular weight excluding hydrogens is 422 g/mol. The Labute approximate surface area is 195 Å². The molecule has 3 aliphatic rings. The van der Waals surface area contributed by atoms with Crippen LogP contribution >= 0.6 is 0 Å². The minimum absolute atomic E-state index is 0.193. The quantitative estimate of drug-likeness (QED) is 0.519. The van der Waals surface area contributed by atoms with Gasteiger partial charge in [0, 0.05) is 13.1 Å². The zero-order chi connectivity index (χ0) is 23.8. The summed E-state index contributed by atoms with van der Waals surface area (Å²) >= 11 is 0. The first kappa shape index (κ1) is 23.7. The van der Waals surface area contributed by atoms with Crippen molar-refractivity contribution in [2.24, 2.45) is 11.8 Å². The zero-order valence-corrected chi connectivity index (χ0v) is 19.7. The van der Waals surface area contributed by atoms with Gasteiger partial charge in [0.15, 0.2) is 0 Å². The van der Waals surface area contributed by atoms with Gasteiger partial charge in [-0.3, -0.25) is 14.4 Å². The lowest BCUT2D eigenvalue weighted by Crippen LogP contribution is -2.57. The minimum atomic E-state index is -1.07. The van der Waals surface area contributed by atoms with Crippen LogP contribution in [0.3, 0.4) is 0 Å². The van der Waals surface area contributed by atoms with Gasteiger partial charge in [0.25, 0.3) is 0 Å². The fourth-order valence-electron chi connectivity index (χ4n) is 6.11. The topological polar surface area (TPSA) is 108 Å². The van der Waals surface area contributed by atoms with Crippen LogP contribution in [0, 0.1) is 11.8 Å². The Morgan fingerprint density at radius 3 is 2.55 bits per heavy atom. The van der Waals surface area contributed by atoms with E-state index in [-0.39, 0.29) is 24.3 Å². The lowest BCUT2D eigenvalue weighted by atomic mass is 9.66. The second-order valence-electron chi connectivity index (χ2n) is 9.71. The number of hydrogen-bond donors (Lipinski definition) is 3. The number of carbonyl (C=O) groups is 3. The molecule has 33 heavy (non-hydrogen) atoms. The fraction of sp³-hybridized carbons (Fsp3) is 0.640. The van der Waals surface area contributed by atoms with Crippen molar-refractivity contribution in [1.29, 1.82) is 0 Å². The lowest BCUT2D eigenvalue weighted by Gasteiger charge is -2.36. The molecule has 2 bridgehead atoms. The smallest absolute Gasteiger partial charge is 0.246 e. The predicted molar refractivity (Wildman–Crippen MR) is 122 cm³/mol. The number of aliphatic hydroxyl groups is 1. The molecule has 1 aromatic rings. The van der Waals surface area contributed by atoms with Gasteiger partial charge in [-0.15, -0.1) is 0 Å². The molecule has 8 nitrogen and oxygen atoms in total. The SMILES string of the molecule is CCCNC(=O)[C@@H]1[C@H]2C(=O)N([C@@H](CC)CO)C(C(=O)NCc3ccccc3)C23CC[C@@]1(C)O3. The van der Waals surface area contributed by atoms with Crippen LogP contribution < -0.4 is 10.6 Å². The monoisotopic (exact) mass is 457 g/mol. The van der Waals surface area contributed by atoms with Crippen LogP contribution in [0.1, 0.15) is 52.0 Å². The van der Waals surface area contributed by atoms with E-state index in [9.17, 15) is 19.5 Å². The van der Waals surface area contributed by atoms with Crippen molar-refractivity contribution in [2.45, 2.75) is 76.3 Å². The highest BCUT2D eigenvalue weighted by molar-refractivity contribution is 5.99. The van der Waals surface area contributed by atoms with Crippen LogP contribution in [-0.4, -0.2) is 64.2 Å². The van der Waals surface area contributed by atoms with E-state index in [0.29, 0.717) is 32.4 Å². The molecule has 8 heteroatoms. The second-order valence-corrected chi connectivity index (χ2v) is 9.71. The molecule has 3 heterocycles. The van der Waals surface area contributed by atoms with E-state index in [1.807, 2.05) is 51.1 Å². The maximum atomic E-state index is 13.8. The first-order valence-electron chi connectivity index (χ1n) is 12.1. The summed E-state index contributed by atoms with van der Waals surface area (Å²) in [4.78, 5) is 42.1. The van der Waals surface area contributed by atoms with Crippen molar-refractivity contribution in [3.8, 4) is 0 Å². The molecule has 0 aromatic heterocycles. The number of nitrogens with zero attached hydrogens (tertiary/aromatic N) is 1. The first-order valence-corrected chi connectivity index (χ1v) is 12.1. The Morgan fingerprint density at radius 1 is 1.18 bits per heavy atom. The third-order valence-electron chi connectivity index (χ3n) is 7.68. The molecule has 3 aliphatic heterocycles. The largest absolute Gasteiger partial charge is 0.394 e. The summed E-state index contributed by atoms with van der Waals surface area (Å²) < 4.78 is 6.54. The summed E-state index contributed by atoms with van der Waals surface area (Å²) in [6, 6.07) is 8.17. The molecule has 1 spiro atoms. The number of ether oxygens (including phenoxy) is 1. The Hall–Kier alpha value is -2.45. The van der Waals surface area contributed by atoms with E-state index in [1.165, 1.54) is 4.90 Å². The van der Waals surface area contributed by atoms with Crippen LogP contribution in [0.2, 0.25) is 0 Å². The van der Waals surface area contributed by atoms with E-state index < -0.39 is 35.1 Å². The van der Waals surface area contributed by atoms with Crippen molar-refractivity contribution >= 4 is 17.7 Å². The molecule has 4 rings (SSSR count). The highest BCUT2D eigenvalue weighted by Crippen LogP contribution is 2.63. The number of carbonyl (C=O) groups excluding carboxylic acids is 3. The van der Waals surface area contributed by atoms with Crippen LogP contribution in [0.5, 0.6) is 0 Å². The van der Waals surface area contributed by atoms with Gasteiger partial charge in [-0.05, 0) is 38.2 Å². The molecule has 0 radical (unpaired) electrons. The first-order chi connectivity index (χ1) is 15.8. The van der Waals surface area contributed by atoms with Gasteiger partial charge in [0.05, 0.1) is 30.1 Å². The molecule has 3 saturated heterocycles. The molecule has 0 aliphatic carbocycles. The van der Waals surface area contributed by atoms with Crippen LogP contribution in [-0.2, 0) is 25.7 Å². The Balaban J connectivity index is 1.69. The Morgan fingerprint density at radius 2 is 1.91 bits per heavy atom. The van der Waals surface area contributed by atoms with Crippen molar-refractivity contribution in [1.82, 2.24) is 15.5 Å². The molecule has 6 atom stereocenters. The molecule has 2 unspecified atom stereocenters. The average Bonchev–Trinajstić information content (AvgIpc) is 3.39. The van der Waals surface area contributed by atoms with Crippen molar-refractivity contribution in [2.75, 3.05) is 13.2 Å². The summed E-state index contributed by atoms with van der Waals surface area (Å²) in [7, 11) is 0. The molecule has 3 N–H and O–H groups in total. The van der Waals surface area contributed by atoms with E-state index >= 15 is 0 Å². The van der Waals surface area contributed by atoms with E-state index in [1.54, 1.807) is 0 Å². The number of amides is 3. The molecule has 0 saturated carbocycles. The maximum Gasteiger partial charge on any atom is 0.246 e. The van der Waals surface area contributed by atoms with Gasteiger partial charge in [-0.1, -0.05) is 44.2 Å². The number of hydrogen-bond acceptors (Lipinski definition) is 5. The van der Waals surface area contributed by atoms with Crippen LogP contribution in [0.4, 0.5) is 0 Å². The number of likely N-dealkylation sites (tertiary alicyclic amines) is 1. The third-order valence-corrected chi connectivity index (χ3v) is 7.68. The van der Waals surface area contributed by atoms with Gasteiger partial charge in [0.1, 0.15) is 11.6 Å². The van der Waals surface area contributed by atoms with Crippen LogP contribution in [0.25, 0.3) is 0 Å².